The molecule has 0 aliphatic heterocycles. The average molecular weight is 1370 g/mol. The predicted molar refractivity (Wildman–Crippen MR) is 434 cm³/mol. The Hall–Kier alpha value is -12.4. The third-order valence-electron chi connectivity index (χ3n) is 20.0. The normalized spacial score (nSPS) is 11.5. The lowest BCUT2D eigenvalue weighted by Crippen LogP contribution is -2.31. The lowest BCUT2D eigenvalue weighted by Gasteiger charge is -2.18. The number of hydrogen-bond acceptors (Lipinski definition) is 4. The van der Waals surface area contributed by atoms with Crippen LogP contribution in [0.5, 0.6) is 0 Å². The van der Waals surface area contributed by atoms with Gasteiger partial charge in [-0.2, -0.15) is 0 Å². The molecule has 102 heavy (non-hydrogen) atoms. The number of benzene rings is 18. The minimum absolute atomic E-state index is 0.552. The number of hydrogen-bond donors (Lipinski definition) is 2. The van der Waals surface area contributed by atoms with Crippen LogP contribution in [0.2, 0.25) is 0 Å². The highest BCUT2D eigenvalue weighted by Crippen LogP contribution is 2.47. The van der Waals surface area contributed by atoms with Gasteiger partial charge in [0, 0.05) is 37.1 Å². The third kappa shape index (κ3) is 11.3. The van der Waals surface area contributed by atoms with Crippen molar-refractivity contribution < 1.29 is 18.9 Å². The zero-order valence-corrected chi connectivity index (χ0v) is 56.9. The molecule has 0 bridgehead atoms. The van der Waals surface area contributed by atoms with Crippen LogP contribution in [-0.2, 0) is 0 Å². The Bertz CT molecular complexity index is 6550. The summed E-state index contributed by atoms with van der Waals surface area (Å²) in [4.78, 5) is 0. The highest BCUT2D eigenvalue weighted by molar-refractivity contribution is 9.10. The summed E-state index contributed by atoms with van der Waals surface area (Å²) in [6.45, 7) is 0. The van der Waals surface area contributed by atoms with E-state index in [1.54, 1.807) is 0 Å². The Morgan fingerprint density at radius 2 is 0.510 bits per heavy atom. The second-order valence-corrected chi connectivity index (χ2v) is 26.9. The molecule has 0 saturated heterocycles. The summed E-state index contributed by atoms with van der Waals surface area (Å²) in [6.07, 6.45) is 0. The van der Waals surface area contributed by atoms with E-state index in [2.05, 4.69) is 301 Å². The Balaban J connectivity index is 0.000000121. The molecular formula is C96H62BBrO4. The van der Waals surface area contributed by atoms with E-state index in [1.165, 1.54) is 87.4 Å². The molecule has 480 valence electrons. The highest BCUT2D eigenvalue weighted by atomic mass is 79.9. The van der Waals surface area contributed by atoms with E-state index < -0.39 is 7.12 Å². The molecule has 6 heteroatoms. The van der Waals surface area contributed by atoms with Crippen LogP contribution in [0.3, 0.4) is 0 Å². The van der Waals surface area contributed by atoms with Crippen molar-refractivity contribution in [3.8, 4) is 77.9 Å². The van der Waals surface area contributed by atoms with Gasteiger partial charge in [-0.3, -0.25) is 0 Å². The largest absolute Gasteiger partial charge is 0.489 e. The number of rotatable bonds is 8. The van der Waals surface area contributed by atoms with Crippen LogP contribution in [0.1, 0.15) is 0 Å². The first-order chi connectivity index (χ1) is 50.3. The Morgan fingerprint density at radius 1 is 0.216 bits per heavy atom. The molecule has 0 saturated carbocycles. The summed E-state index contributed by atoms with van der Waals surface area (Å²) in [5, 5.41) is 38.7. The Kier molecular flexibility index (Phi) is 16.0. The Morgan fingerprint density at radius 3 is 0.922 bits per heavy atom. The van der Waals surface area contributed by atoms with Gasteiger partial charge in [0.1, 0.15) is 22.3 Å². The van der Waals surface area contributed by atoms with Crippen molar-refractivity contribution in [3.05, 3.63) is 368 Å². The summed E-state index contributed by atoms with van der Waals surface area (Å²) in [7, 11) is -1.54. The molecule has 20 aromatic rings. The Labute approximate surface area is 598 Å². The van der Waals surface area contributed by atoms with Gasteiger partial charge in [0.15, 0.2) is 0 Å². The van der Waals surface area contributed by atoms with Crippen molar-refractivity contribution in [1.82, 2.24) is 0 Å². The fourth-order valence-corrected chi connectivity index (χ4v) is 15.8. The first-order valence-corrected chi connectivity index (χ1v) is 35.2. The molecule has 4 nitrogen and oxygen atoms in total. The van der Waals surface area contributed by atoms with E-state index in [4.69, 9.17) is 8.83 Å². The molecule has 2 N–H and O–H groups in total. The molecule has 20 rings (SSSR count). The molecule has 2 heterocycles. The van der Waals surface area contributed by atoms with Crippen molar-refractivity contribution in [2.24, 2.45) is 0 Å². The summed E-state index contributed by atoms with van der Waals surface area (Å²) in [6, 6.07) is 128. The first kappa shape index (κ1) is 61.9. The van der Waals surface area contributed by atoms with Crippen LogP contribution in [0.25, 0.3) is 186 Å². The van der Waals surface area contributed by atoms with Crippen LogP contribution in [0.15, 0.2) is 377 Å². The van der Waals surface area contributed by atoms with Gasteiger partial charge in [-0.05, 0) is 191 Å². The fourth-order valence-electron chi connectivity index (χ4n) is 15.4. The SMILES string of the molecule is Brc1cccc(-c2cccc3c2oc2ccccc23)c1.OB(O)c1c2ccccc2c(-c2cccc(-c3ccc4ccccc4c3)c2)c2ccccc12.c1cc(-c2ccc3ccccc3c2)cc(-c2c3ccccc3c(-c3cccc(-c4cccc5c4oc4ccccc45)c3)c3ccccc23)c1. The number of furan rings is 2. The second-order valence-electron chi connectivity index (χ2n) is 26.0. The van der Waals surface area contributed by atoms with Crippen molar-refractivity contribution in [3.63, 3.8) is 0 Å². The van der Waals surface area contributed by atoms with E-state index in [-0.39, 0.29) is 0 Å². The van der Waals surface area contributed by atoms with Gasteiger partial charge in [0.05, 0.1) is 0 Å². The minimum Gasteiger partial charge on any atom is -0.455 e. The van der Waals surface area contributed by atoms with Crippen LogP contribution in [-0.4, -0.2) is 17.2 Å². The van der Waals surface area contributed by atoms with Crippen LogP contribution in [0.4, 0.5) is 0 Å². The van der Waals surface area contributed by atoms with Gasteiger partial charge in [0.25, 0.3) is 0 Å². The van der Waals surface area contributed by atoms with E-state index in [9.17, 15) is 10.0 Å². The summed E-state index contributed by atoms with van der Waals surface area (Å²) in [5.41, 5.74) is 20.7. The standard InChI is InChI=1S/C48H30O.C30H21BO2.C18H11BrO/c1-2-13-32-28-34(27-26-31(32)12-1)33-14-9-16-36(29-33)46-40-19-3-5-21-42(40)47(43-22-6-4-20-41(43)46)37-17-10-15-35(30-37)38-23-11-24-44-39-18-7-8-25-45(39)49-48(38)44;32-31(33)30-27-14-5-3-12-25(27)29(26-13-4-6-15-28(26)30)24-11-7-10-22(19-24)23-17-16-20-8-1-2-9-21(20)18-23;19-13-6-3-5-12(11-13)14-8-4-9-16-15-7-1-2-10-17(15)20-18(14)16/h1-30H;1-19,32-33H;1-11H. The zero-order valence-electron chi connectivity index (χ0n) is 55.3. The van der Waals surface area contributed by atoms with Crippen LogP contribution >= 0.6 is 15.9 Å². The third-order valence-corrected chi connectivity index (χ3v) is 20.5. The van der Waals surface area contributed by atoms with Gasteiger partial charge in [-0.1, -0.05) is 325 Å². The number of fused-ring (bicyclic) bond motifs is 12. The monoisotopic (exact) mass is 1370 g/mol. The molecule has 0 amide bonds. The molecule has 0 atom stereocenters. The minimum atomic E-state index is -1.54. The maximum Gasteiger partial charge on any atom is 0.489 e. The molecule has 0 radical (unpaired) electrons. The topological polar surface area (TPSA) is 66.7 Å². The van der Waals surface area contributed by atoms with E-state index >= 15 is 0 Å². The molecule has 0 fully saturated rings. The maximum absolute atomic E-state index is 10.2. The lowest BCUT2D eigenvalue weighted by molar-refractivity contribution is 0.426. The molecule has 18 aromatic carbocycles. The number of halogens is 1. The van der Waals surface area contributed by atoms with Crippen molar-refractivity contribution in [2.75, 3.05) is 0 Å². The molecule has 0 aliphatic rings. The maximum atomic E-state index is 10.2. The zero-order chi connectivity index (χ0) is 68.2. The van der Waals surface area contributed by atoms with E-state index in [1.807, 2.05) is 78.9 Å². The summed E-state index contributed by atoms with van der Waals surface area (Å²) < 4.78 is 13.6. The van der Waals surface area contributed by atoms with Gasteiger partial charge in [-0.25, -0.2) is 0 Å². The quantitative estimate of drug-likeness (QED) is 0.118. The molecule has 0 spiro atoms. The first-order valence-electron chi connectivity index (χ1n) is 34.4. The van der Waals surface area contributed by atoms with Crippen LogP contribution < -0.4 is 5.46 Å². The van der Waals surface area contributed by atoms with Gasteiger partial charge < -0.3 is 18.9 Å². The van der Waals surface area contributed by atoms with E-state index in [0.717, 1.165) is 103 Å². The second kappa shape index (κ2) is 26.4. The molecular weight excluding hydrogens is 1310 g/mol. The van der Waals surface area contributed by atoms with Gasteiger partial charge in [-0.15, -0.1) is 0 Å². The van der Waals surface area contributed by atoms with E-state index in [0.29, 0.717) is 5.46 Å². The summed E-state index contributed by atoms with van der Waals surface area (Å²) >= 11 is 3.53. The van der Waals surface area contributed by atoms with Crippen molar-refractivity contribution >= 4 is 137 Å². The van der Waals surface area contributed by atoms with Crippen LogP contribution in [0, 0.1) is 0 Å². The number of para-hydroxylation sites is 4. The smallest absolute Gasteiger partial charge is 0.455 e. The predicted octanol–water partition coefficient (Wildman–Crippen LogP) is 25.9. The van der Waals surface area contributed by atoms with Crippen molar-refractivity contribution in [2.45, 2.75) is 0 Å². The summed E-state index contributed by atoms with van der Waals surface area (Å²) in [5.74, 6) is 0. The van der Waals surface area contributed by atoms with Gasteiger partial charge >= 0.3 is 7.12 Å². The molecule has 0 unspecified atom stereocenters. The average Bonchev–Trinajstić information content (AvgIpc) is 1.02. The molecule has 0 aliphatic carbocycles. The van der Waals surface area contributed by atoms with Gasteiger partial charge in [0.2, 0.25) is 0 Å². The van der Waals surface area contributed by atoms with Crippen molar-refractivity contribution in [1.29, 1.82) is 0 Å². The molecule has 2 aromatic heterocycles. The lowest BCUT2D eigenvalue weighted by atomic mass is 9.72. The fraction of sp³-hybridized carbons (Fsp3) is 0. The highest BCUT2D eigenvalue weighted by Gasteiger charge is 2.24.